The zero-order valence-electron chi connectivity index (χ0n) is 13.0. The number of aliphatic carboxylic acids is 1. The summed E-state index contributed by atoms with van der Waals surface area (Å²) in [6.07, 6.45) is 1.09. The molecule has 2 aromatic rings. The van der Waals surface area contributed by atoms with Gasteiger partial charge < -0.3 is 20.5 Å². The molecule has 1 aromatic carbocycles. The van der Waals surface area contributed by atoms with E-state index in [0.29, 0.717) is 27.3 Å². The minimum Gasteiger partial charge on any atom is -0.481 e. The second kappa shape index (κ2) is 8.80. The van der Waals surface area contributed by atoms with Crippen LogP contribution in [0.1, 0.15) is 18.0 Å². The van der Waals surface area contributed by atoms with Gasteiger partial charge in [0.25, 0.3) is 0 Å². The number of thiocarbonyl (C=S) groups is 1. The summed E-state index contributed by atoms with van der Waals surface area (Å²) in [6, 6.07) is 5.73. The summed E-state index contributed by atoms with van der Waals surface area (Å²) in [5.41, 5.74) is 0.567. The maximum atomic E-state index is 11.2. The molecule has 0 unspecified atom stereocenters. The molecule has 1 aromatic heterocycles. The molecule has 7 nitrogen and oxygen atoms in total. The molecule has 0 bridgehead atoms. The molecule has 10 heteroatoms. The van der Waals surface area contributed by atoms with Crippen LogP contribution in [-0.4, -0.2) is 33.3 Å². The number of anilines is 1. The van der Waals surface area contributed by atoms with Crippen LogP contribution >= 0.6 is 35.4 Å². The Morgan fingerprint density at radius 3 is 2.76 bits per heavy atom. The minimum atomic E-state index is -1.00. The summed E-state index contributed by atoms with van der Waals surface area (Å²) in [4.78, 5) is 19.1. The molecule has 0 aliphatic heterocycles. The summed E-state index contributed by atoms with van der Waals surface area (Å²) < 4.78 is 5.00. The monoisotopic (exact) mass is 400 g/mol. The number of halogens is 2. The average molecular weight is 401 g/mol. The molecule has 25 heavy (non-hydrogen) atoms. The molecule has 0 aliphatic rings. The largest absolute Gasteiger partial charge is 0.481 e. The van der Waals surface area contributed by atoms with Crippen molar-refractivity contribution in [3.05, 3.63) is 46.2 Å². The topological polar surface area (TPSA) is 96.4 Å². The van der Waals surface area contributed by atoms with Gasteiger partial charge in [0.15, 0.2) is 5.11 Å². The van der Waals surface area contributed by atoms with Crippen LogP contribution < -0.4 is 15.4 Å². The summed E-state index contributed by atoms with van der Waals surface area (Å²) in [5, 5.41) is 15.9. The predicted octanol–water partition coefficient (Wildman–Crippen LogP) is 3.29. The Morgan fingerprint density at radius 2 is 2.12 bits per heavy atom. The van der Waals surface area contributed by atoms with Gasteiger partial charge in [-0.05, 0) is 29.9 Å². The third kappa shape index (κ3) is 5.70. The van der Waals surface area contributed by atoms with Gasteiger partial charge in [-0.25, -0.2) is 9.97 Å². The molecule has 0 saturated heterocycles. The van der Waals surface area contributed by atoms with E-state index in [4.69, 9.17) is 45.3 Å². The Balaban J connectivity index is 2.15. The molecular formula is C15H14Cl2N4O3S. The van der Waals surface area contributed by atoms with Crippen LogP contribution in [0.25, 0.3) is 0 Å². The quantitative estimate of drug-likeness (QED) is 0.635. The highest BCUT2D eigenvalue weighted by Crippen LogP contribution is 2.28. The Morgan fingerprint density at radius 1 is 1.36 bits per heavy atom. The van der Waals surface area contributed by atoms with Gasteiger partial charge in [-0.15, -0.1) is 0 Å². The van der Waals surface area contributed by atoms with Crippen LogP contribution in [0.5, 0.6) is 5.88 Å². The lowest BCUT2D eigenvalue weighted by molar-refractivity contribution is -0.137. The lowest BCUT2D eigenvalue weighted by Crippen LogP contribution is -2.34. The highest BCUT2D eigenvalue weighted by molar-refractivity contribution is 7.80. The summed E-state index contributed by atoms with van der Waals surface area (Å²) in [7, 11) is 1.48. The summed E-state index contributed by atoms with van der Waals surface area (Å²) >= 11 is 17.3. The predicted molar refractivity (Wildman–Crippen MR) is 99.4 cm³/mol. The van der Waals surface area contributed by atoms with E-state index in [1.165, 1.54) is 13.4 Å². The smallest absolute Gasteiger partial charge is 0.305 e. The van der Waals surface area contributed by atoms with Crippen LogP contribution in [0.3, 0.4) is 0 Å². The highest BCUT2D eigenvalue weighted by atomic mass is 35.5. The highest BCUT2D eigenvalue weighted by Gasteiger charge is 2.19. The molecule has 0 spiro atoms. The van der Waals surface area contributed by atoms with Crippen molar-refractivity contribution in [2.75, 3.05) is 12.4 Å². The zero-order valence-corrected chi connectivity index (χ0v) is 15.3. The molecule has 0 amide bonds. The van der Waals surface area contributed by atoms with Crippen LogP contribution in [0.15, 0.2) is 30.6 Å². The maximum Gasteiger partial charge on any atom is 0.305 e. The normalized spacial score (nSPS) is 11.5. The SMILES string of the molecule is COc1cc(NC(=S)N[C@@H](CC(=O)O)c2ccc(Cl)cc2Cl)ncn1. The number of rotatable bonds is 6. The molecule has 132 valence electrons. The number of carboxylic acids is 1. The van der Waals surface area contributed by atoms with Crippen molar-refractivity contribution >= 4 is 52.3 Å². The molecule has 0 radical (unpaired) electrons. The lowest BCUT2D eigenvalue weighted by Gasteiger charge is -2.21. The Kier molecular flexibility index (Phi) is 6.74. The third-order valence-corrected chi connectivity index (χ3v) is 3.90. The maximum absolute atomic E-state index is 11.2. The lowest BCUT2D eigenvalue weighted by atomic mass is 10.0. The van der Waals surface area contributed by atoms with Crippen LogP contribution in [0, 0.1) is 0 Å². The molecule has 3 N–H and O–H groups in total. The number of ether oxygens (including phenoxy) is 1. The first-order valence-corrected chi connectivity index (χ1v) is 8.15. The number of benzene rings is 1. The Bertz CT molecular complexity index is 791. The third-order valence-electron chi connectivity index (χ3n) is 3.11. The van der Waals surface area contributed by atoms with Crippen molar-refractivity contribution in [2.45, 2.75) is 12.5 Å². The van der Waals surface area contributed by atoms with Crippen LogP contribution in [0.2, 0.25) is 10.0 Å². The molecule has 1 atom stereocenters. The number of methoxy groups -OCH3 is 1. The van der Waals surface area contributed by atoms with Crippen molar-refractivity contribution < 1.29 is 14.6 Å². The average Bonchev–Trinajstić information content (AvgIpc) is 2.54. The molecule has 0 saturated carbocycles. The molecular weight excluding hydrogens is 387 g/mol. The van der Waals surface area contributed by atoms with E-state index in [2.05, 4.69) is 20.6 Å². The molecule has 0 aliphatic carbocycles. The van der Waals surface area contributed by atoms with Crippen molar-refractivity contribution in [2.24, 2.45) is 0 Å². The summed E-state index contributed by atoms with van der Waals surface area (Å²) in [6.45, 7) is 0. The van der Waals surface area contributed by atoms with E-state index in [-0.39, 0.29) is 11.5 Å². The van der Waals surface area contributed by atoms with Crippen molar-refractivity contribution in [1.29, 1.82) is 0 Å². The van der Waals surface area contributed by atoms with Gasteiger partial charge in [-0.3, -0.25) is 4.79 Å². The van der Waals surface area contributed by atoms with E-state index < -0.39 is 12.0 Å². The number of aromatic nitrogens is 2. The van der Waals surface area contributed by atoms with E-state index in [1.807, 2.05) is 0 Å². The second-order valence-electron chi connectivity index (χ2n) is 4.86. The fourth-order valence-electron chi connectivity index (χ4n) is 2.03. The first-order chi connectivity index (χ1) is 11.9. The first-order valence-electron chi connectivity index (χ1n) is 6.99. The Hall–Kier alpha value is -2.16. The summed E-state index contributed by atoms with van der Waals surface area (Å²) in [5.74, 6) is -0.237. The fraction of sp³-hybridized carbons (Fsp3) is 0.200. The van der Waals surface area contributed by atoms with Gasteiger partial charge in [-0.1, -0.05) is 29.3 Å². The van der Waals surface area contributed by atoms with Gasteiger partial charge in [0.2, 0.25) is 5.88 Å². The molecule has 1 heterocycles. The van der Waals surface area contributed by atoms with E-state index in [1.54, 1.807) is 24.3 Å². The minimum absolute atomic E-state index is 0.179. The number of carboxylic acid groups (broad SMARTS) is 1. The zero-order chi connectivity index (χ0) is 18.4. The standard InChI is InChI=1S/C15H14Cl2N4O3S/c1-24-13-6-12(18-7-19-13)21-15(25)20-11(5-14(22)23)9-3-2-8(16)4-10(9)17/h2-4,6-7,11H,5H2,1H3,(H,22,23)(H2,18,19,20,21,25)/t11-/m0/s1. The number of hydrogen-bond acceptors (Lipinski definition) is 5. The number of nitrogens with one attached hydrogen (secondary N) is 2. The van der Waals surface area contributed by atoms with Gasteiger partial charge >= 0.3 is 5.97 Å². The van der Waals surface area contributed by atoms with Gasteiger partial charge in [0.05, 0.1) is 19.6 Å². The number of nitrogens with zero attached hydrogens (tertiary/aromatic N) is 2. The van der Waals surface area contributed by atoms with Gasteiger partial charge in [0, 0.05) is 16.1 Å². The second-order valence-corrected chi connectivity index (χ2v) is 6.11. The van der Waals surface area contributed by atoms with Crippen molar-refractivity contribution in [1.82, 2.24) is 15.3 Å². The van der Waals surface area contributed by atoms with E-state index >= 15 is 0 Å². The molecule has 0 fully saturated rings. The van der Waals surface area contributed by atoms with E-state index in [0.717, 1.165) is 0 Å². The fourth-order valence-corrected chi connectivity index (χ4v) is 2.81. The van der Waals surface area contributed by atoms with E-state index in [9.17, 15) is 4.79 Å². The first kappa shape index (κ1) is 19.2. The van der Waals surface area contributed by atoms with Crippen LogP contribution in [0.4, 0.5) is 5.82 Å². The van der Waals surface area contributed by atoms with Crippen molar-refractivity contribution in [3.8, 4) is 5.88 Å². The number of carbonyl (C=O) groups is 1. The van der Waals surface area contributed by atoms with Crippen LogP contribution in [-0.2, 0) is 4.79 Å². The molecule has 2 rings (SSSR count). The van der Waals surface area contributed by atoms with Gasteiger partial charge in [-0.2, -0.15) is 0 Å². The van der Waals surface area contributed by atoms with Crippen molar-refractivity contribution in [3.63, 3.8) is 0 Å². The number of hydrogen-bond donors (Lipinski definition) is 3. The Labute approximate surface area is 159 Å². The van der Waals surface area contributed by atoms with Gasteiger partial charge in [0.1, 0.15) is 12.1 Å².